The third kappa shape index (κ3) is 5.74. The SMILES string of the molecule is Cc1cccc(NC(=O)c2ccc(-c3ccc(S(=O)(=O)NCc4ccccc4)cc3)cc2)c1. The summed E-state index contributed by atoms with van der Waals surface area (Å²) in [6.07, 6.45) is 0. The monoisotopic (exact) mass is 456 g/mol. The van der Waals surface area contributed by atoms with Gasteiger partial charge in [-0.1, -0.05) is 66.7 Å². The number of anilines is 1. The zero-order valence-electron chi connectivity index (χ0n) is 18.2. The lowest BCUT2D eigenvalue weighted by atomic mass is 10.0. The number of hydrogen-bond acceptors (Lipinski definition) is 3. The van der Waals surface area contributed by atoms with Gasteiger partial charge in [-0.15, -0.1) is 0 Å². The van der Waals surface area contributed by atoms with Gasteiger partial charge in [-0.05, 0) is 65.6 Å². The second-order valence-electron chi connectivity index (χ2n) is 7.74. The van der Waals surface area contributed by atoms with Crippen LogP contribution in [0.2, 0.25) is 0 Å². The quantitative estimate of drug-likeness (QED) is 0.391. The molecular weight excluding hydrogens is 432 g/mol. The minimum Gasteiger partial charge on any atom is -0.322 e. The highest BCUT2D eigenvalue weighted by Crippen LogP contribution is 2.22. The maximum Gasteiger partial charge on any atom is 0.255 e. The number of aryl methyl sites for hydroxylation is 1. The van der Waals surface area contributed by atoms with Crippen LogP contribution in [-0.4, -0.2) is 14.3 Å². The molecule has 0 atom stereocenters. The van der Waals surface area contributed by atoms with Crippen LogP contribution < -0.4 is 10.0 Å². The first-order chi connectivity index (χ1) is 15.9. The van der Waals surface area contributed by atoms with Gasteiger partial charge < -0.3 is 5.32 Å². The van der Waals surface area contributed by atoms with Crippen LogP contribution in [0.25, 0.3) is 11.1 Å². The summed E-state index contributed by atoms with van der Waals surface area (Å²) in [4.78, 5) is 12.7. The Kier molecular flexibility index (Phi) is 6.68. The number of carbonyl (C=O) groups excluding carboxylic acids is 1. The smallest absolute Gasteiger partial charge is 0.255 e. The van der Waals surface area contributed by atoms with E-state index in [-0.39, 0.29) is 17.3 Å². The second kappa shape index (κ2) is 9.81. The van der Waals surface area contributed by atoms with Gasteiger partial charge in [0.25, 0.3) is 5.91 Å². The molecule has 0 aromatic heterocycles. The Bertz CT molecular complexity index is 1350. The number of rotatable bonds is 7. The zero-order valence-corrected chi connectivity index (χ0v) is 19.0. The highest BCUT2D eigenvalue weighted by molar-refractivity contribution is 7.89. The molecular formula is C27H24N2O3S. The van der Waals surface area contributed by atoms with Crippen LogP contribution in [0.15, 0.2) is 108 Å². The molecule has 0 radical (unpaired) electrons. The predicted octanol–water partition coefficient (Wildman–Crippen LogP) is 5.39. The van der Waals surface area contributed by atoms with Crippen molar-refractivity contribution in [3.63, 3.8) is 0 Å². The summed E-state index contributed by atoms with van der Waals surface area (Å²) in [5.74, 6) is -0.182. The third-order valence-corrected chi connectivity index (χ3v) is 6.65. The Morgan fingerprint density at radius 1 is 0.758 bits per heavy atom. The molecule has 1 amide bonds. The number of sulfonamides is 1. The molecule has 0 bridgehead atoms. The van der Waals surface area contributed by atoms with E-state index in [1.807, 2.05) is 73.7 Å². The number of hydrogen-bond donors (Lipinski definition) is 2. The molecule has 2 N–H and O–H groups in total. The molecule has 0 saturated carbocycles. The average Bonchev–Trinajstić information content (AvgIpc) is 2.84. The lowest BCUT2D eigenvalue weighted by Crippen LogP contribution is -2.23. The van der Waals surface area contributed by atoms with Gasteiger partial charge in [-0.2, -0.15) is 0 Å². The van der Waals surface area contributed by atoms with Gasteiger partial charge in [-0.3, -0.25) is 4.79 Å². The van der Waals surface area contributed by atoms with Crippen molar-refractivity contribution in [1.82, 2.24) is 4.72 Å². The molecule has 4 aromatic carbocycles. The largest absolute Gasteiger partial charge is 0.322 e. The third-order valence-electron chi connectivity index (χ3n) is 5.23. The minimum absolute atomic E-state index is 0.182. The van der Waals surface area contributed by atoms with Crippen molar-refractivity contribution >= 4 is 21.6 Å². The Labute approximate surface area is 194 Å². The van der Waals surface area contributed by atoms with E-state index in [9.17, 15) is 13.2 Å². The molecule has 5 nitrogen and oxygen atoms in total. The highest BCUT2D eigenvalue weighted by atomic mass is 32.2. The van der Waals surface area contributed by atoms with Crippen LogP contribution in [0.1, 0.15) is 21.5 Å². The first kappa shape index (κ1) is 22.5. The van der Waals surface area contributed by atoms with Crippen molar-refractivity contribution < 1.29 is 13.2 Å². The van der Waals surface area contributed by atoms with E-state index in [0.717, 1.165) is 27.9 Å². The topological polar surface area (TPSA) is 75.3 Å². The van der Waals surface area contributed by atoms with Crippen molar-refractivity contribution in [1.29, 1.82) is 0 Å². The molecule has 0 spiro atoms. The molecule has 4 aromatic rings. The van der Waals surface area contributed by atoms with Gasteiger partial charge in [-0.25, -0.2) is 13.1 Å². The molecule has 0 saturated heterocycles. The van der Waals surface area contributed by atoms with Crippen LogP contribution >= 0.6 is 0 Å². The van der Waals surface area contributed by atoms with E-state index in [0.29, 0.717) is 5.56 Å². The average molecular weight is 457 g/mol. The van der Waals surface area contributed by atoms with Crippen molar-refractivity contribution in [3.05, 3.63) is 120 Å². The van der Waals surface area contributed by atoms with Crippen molar-refractivity contribution in [2.75, 3.05) is 5.32 Å². The number of benzene rings is 4. The van der Waals surface area contributed by atoms with Crippen LogP contribution in [0, 0.1) is 6.92 Å². The molecule has 33 heavy (non-hydrogen) atoms. The molecule has 4 rings (SSSR count). The molecule has 166 valence electrons. The lowest BCUT2D eigenvalue weighted by molar-refractivity contribution is 0.102. The van der Waals surface area contributed by atoms with Gasteiger partial charge >= 0.3 is 0 Å². The van der Waals surface area contributed by atoms with Crippen molar-refractivity contribution in [2.24, 2.45) is 0 Å². The van der Waals surface area contributed by atoms with Crippen LogP contribution in [0.3, 0.4) is 0 Å². The summed E-state index contributed by atoms with van der Waals surface area (Å²) in [5.41, 5.74) is 5.02. The Balaban J connectivity index is 1.42. The number of nitrogens with one attached hydrogen (secondary N) is 2. The van der Waals surface area contributed by atoms with Crippen LogP contribution in [0.5, 0.6) is 0 Å². The number of carbonyl (C=O) groups is 1. The van der Waals surface area contributed by atoms with Gasteiger partial charge in [0.05, 0.1) is 4.90 Å². The van der Waals surface area contributed by atoms with Gasteiger partial charge in [0, 0.05) is 17.8 Å². The standard InChI is InChI=1S/C27H24N2O3S/c1-20-6-5-9-25(18-20)29-27(30)24-12-10-22(11-13-24)23-14-16-26(17-15-23)33(31,32)28-19-21-7-3-2-4-8-21/h2-18,28H,19H2,1H3,(H,29,30). The molecule has 0 fully saturated rings. The van der Waals surface area contributed by atoms with Gasteiger partial charge in [0.1, 0.15) is 0 Å². The fraction of sp³-hybridized carbons (Fsp3) is 0.0741. The van der Waals surface area contributed by atoms with Crippen molar-refractivity contribution in [3.8, 4) is 11.1 Å². The van der Waals surface area contributed by atoms with E-state index in [2.05, 4.69) is 10.0 Å². The summed E-state index contributed by atoms with van der Waals surface area (Å²) >= 11 is 0. The van der Waals surface area contributed by atoms with E-state index < -0.39 is 10.0 Å². The van der Waals surface area contributed by atoms with Crippen molar-refractivity contribution in [2.45, 2.75) is 18.4 Å². The van der Waals surface area contributed by atoms with E-state index in [1.54, 1.807) is 36.4 Å². The maximum absolute atomic E-state index is 12.6. The first-order valence-corrected chi connectivity index (χ1v) is 12.0. The van der Waals surface area contributed by atoms with Crippen LogP contribution in [-0.2, 0) is 16.6 Å². The predicted molar refractivity (Wildman–Crippen MR) is 131 cm³/mol. The number of amides is 1. The molecule has 0 aliphatic rings. The fourth-order valence-corrected chi connectivity index (χ4v) is 4.44. The maximum atomic E-state index is 12.6. The van der Waals surface area contributed by atoms with E-state index in [1.165, 1.54) is 0 Å². The zero-order chi connectivity index (χ0) is 23.3. The second-order valence-corrected chi connectivity index (χ2v) is 9.50. The molecule has 6 heteroatoms. The Morgan fingerprint density at radius 2 is 1.39 bits per heavy atom. The van der Waals surface area contributed by atoms with E-state index >= 15 is 0 Å². The summed E-state index contributed by atoms with van der Waals surface area (Å²) < 4.78 is 27.8. The summed E-state index contributed by atoms with van der Waals surface area (Å²) in [6, 6.07) is 30.9. The summed E-state index contributed by atoms with van der Waals surface area (Å²) in [6.45, 7) is 2.21. The highest BCUT2D eigenvalue weighted by Gasteiger charge is 2.14. The molecule has 0 aliphatic carbocycles. The van der Waals surface area contributed by atoms with E-state index in [4.69, 9.17) is 0 Å². The fourth-order valence-electron chi connectivity index (χ4n) is 3.42. The summed E-state index contributed by atoms with van der Waals surface area (Å²) in [7, 11) is -3.61. The van der Waals surface area contributed by atoms with Gasteiger partial charge in [0.15, 0.2) is 0 Å². The van der Waals surface area contributed by atoms with Gasteiger partial charge in [0.2, 0.25) is 10.0 Å². The first-order valence-electron chi connectivity index (χ1n) is 10.5. The lowest BCUT2D eigenvalue weighted by Gasteiger charge is -2.09. The van der Waals surface area contributed by atoms with Crippen LogP contribution in [0.4, 0.5) is 5.69 Å². The molecule has 0 aliphatic heterocycles. The summed E-state index contributed by atoms with van der Waals surface area (Å²) in [5, 5.41) is 2.89. The Hall–Kier alpha value is -3.74. The molecule has 0 heterocycles. The normalized spacial score (nSPS) is 11.2. The minimum atomic E-state index is -3.61. The molecule has 0 unspecified atom stereocenters. The Morgan fingerprint density at radius 3 is 2.03 bits per heavy atom.